The molecule has 0 heterocycles. The first-order chi connectivity index (χ1) is 13.2. The van der Waals surface area contributed by atoms with Gasteiger partial charge in [-0.3, -0.25) is 4.79 Å². The third-order valence-electron chi connectivity index (χ3n) is 3.92. The van der Waals surface area contributed by atoms with Crippen molar-refractivity contribution in [2.45, 2.75) is 13.2 Å². The van der Waals surface area contributed by atoms with Crippen molar-refractivity contribution < 1.29 is 9.53 Å². The van der Waals surface area contributed by atoms with Gasteiger partial charge in [0.1, 0.15) is 6.61 Å². The minimum atomic E-state index is -0.216. The summed E-state index contributed by atoms with van der Waals surface area (Å²) >= 11 is 6.32. The quantitative estimate of drug-likeness (QED) is 0.571. The molecule has 0 saturated carbocycles. The minimum absolute atomic E-state index is 0.0134. The lowest BCUT2D eigenvalue weighted by atomic mass is 10.2. The van der Waals surface area contributed by atoms with Crippen molar-refractivity contribution in [1.29, 1.82) is 0 Å². The molecule has 0 aromatic heterocycles. The third-order valence-corrected chi connectivity index (χ3v) is 4.24. The SMILES string of the molecule is O=C(COCc1ccccc1)Nc1ccc(NCc2ccccc2)c(Cl)c1. The van der Waals surface area contributed by atoms with E-state index in [0.717, 1.165) is 11.3 Å². The predicted molar refractivity (Wildman–Crippen MR) is 110 cm³/mol. The second-order valence-corrected chi connectivity index (χ2v) is 6.47. The fraction of sp³-hybridized carbons (Fsp3) is 0.136. The summed E-state index contributed by atoms with van der Waals surface area (Å²) in [5.41, 5.74) is 3.65. The average molecular weight is 381 g/mol. The van der Waals surface area contributed by atoms with Gasteiger partial charge in [0.05, 0.1) is 17.3 Å². The van der Waals surface area contributed by atoms with Crippen LogP contribution < -0.4 is 10.6 Å². The molecule has 138 valence electrons. The van der Waals surface area contributed by atoms with Gasteiger partial charge in [0.2, 0.25) is 5.91 Å². The van der Waals surface area contributed by atoms with Gasteiger partial charge in [-0.2, -0.15) is 0 Å². The molecule has 0 unspecified atom stereocenters. The van der Waals surface area contributed by atoms with Gasteiger partial charge in [0, 0.05) is 12.2 Å². The van der Waals surface area contributed by atoms with Gasteiger partial charge in [-0.15, -0.1) is 0 Å². The topological polar surface area (TPSA) is 50.4 Å². The van der Waals surface area contributed by atoms with Crippen LogP contribution in [-0.4, -0.2) is 12.5 Å². The van der Waals surface area contributed by atoms with Crippen LogP contribution in [0.15, 0.2) is 78.9 Å². The molecule has 3 aromatic carbocycles. The van der Waals surface area contributed by atoms with Gasteiger partial charge in [0.15, 0.2) is 0 Å². The van der Waals surface area contributed by atoms with Crippen molar-refractivity contribution in [2.24, 2.45) is 0 Å². The highest BCUT2D eigenvalue weighted by Crippen LogP contribution is 2.26. The van der Waals surface area contributed by atoms with E-state index >= 15 is 0 Å². The third kappa shape index (κ3) is 6.13. The fourth-order valence-electron chi connectivity index (χ4n) is 2.56. The zero-order chi connectivity index (χ0) is 18.9. The Morgan fingerprint density at radius 1 is 0.889 bits per heavy atom. The molecule has 1 amide bonds. The molecule has 0 saturated heterocycles. The van der Waals surface area contributed by atoms with E-state index in [9.17, 15) is 4.79 Å². The molecule has 0 radical (unpaired) electrons. The standard InChI is InChI=1S/C22H21ClN2O2/c23-20-13-19(11-12-21(20)24-14-17-7-3-1-4-8-17)25-22(26)16-27-15-18-9-5-2-6-10-18/h1-13,24H,14-16H2,(H,25,26). The molecule has 27 heavy (non-hydrogen) atoms. The Hall–Kier alpha value is -2.82. The number of nitrogens with one attached hydrogen (secondary N) is 2. The first-order valence-electron chi connectivity index (χ1n) is 8.69. The molecule has 4 nitrogen and oxygen atoms in total. The molecule has 3 aromatic rings. The smallest absolute Gasteiger partial charge is 0.250 e. The maximum absolute atomic E-state index is 12.0. The van der Waals surface area contributed by atoms with E-state index in [2.05, 4.69) is 10.6 Å². The maximum Gasteiger partial charge on any atom is 0.250 e. The van der Waals surface area contributed by atoms with Crippen molar-refractivity contribution >= 4 is 28.9 Å². The summed E-state index contributed by atoms with van der Waals surface area (Å²) in [6.07, 6.45) is 0. The van der Waals surface area contributed by atoms with Crippen LogP contribution in [-0.2, 0) is 22.7 Å². The number of carbonyl (C=O) groups is 1. The van der Waals surface area contributed by atoms with Gasteiger partial charge in [-0.1, -0.05) is 72.3 Å². The molecular weight excluding hydrogens is 360 g/mol. The zero-order valence-electron chi connectivity index (χ0n) is 14.8. The zero-order valence-corrected chi connectivity index (χ0v) is 15.6. The lowest BCUT2D eigenvalue weighted by Gasteiger charge is -2.11. The molecule has 0 atom stereocenters. The highest BCUT2D eigenvalue weighted by Gasteiger charge is 2.06. The number of carbonyl (C=O) groups excluding carboxylic acids is 1. The van der Waals surface area contributed by atoms with Crippen LogP contribution in [0.3, 0.4) is 0 Å². The Kier molecular flexibility index (Phi) is 6.85. The number of anilines is 2. The van der Waals surface area contributed by atoms with Crippen LogP contribution in [0.5, 0.6) is 0 Å². The Morgan fingerprint density at radius 3 is 2.22 bits per heavy atom. The van der Waals surface area contributed by atoms with Gasteiger partial charge in [0.25, 0.3) is 0 Å². The monoisotopic (exact) mass is 380 g/mol. The van der Waals surface area contributed by atoms with Gasteiger partial charge >= 0.3 is 0 Å². The van der Waals surface area contributed by atoms with Crippen molar-refractivity contribution in [3.8, 4) is 0 Å². The molecule has 0 aliphatic heterocycles. The predicted octanol–water partition coefficient (Wildman–Crippen LogP) is 5.11. The van der Waals surface area contributed by atoms with Crippen molar-refractivity contribution in [3.63, 3.8) is 0 Å². The number of rotatable bonds is 8. The van der Waals surface area contributed by atoms with Crippen molar-refractivity contribution in [1.82, 2.24) is 0 Å². The van der Waals surface area contributed by atoms with Gasteiger partial charge in [-0.25, -0.2) is 0 Å². The van der Waals surface area contributed by atoms with Crippen LogP contribution >= 0.6 is 11.6 Å². The van der Waals surface area contributed by atoms with Crippen molar-refractivity contribution in [2.75, 3.05) is 17.2 Å². The number of ether oxygens (including phenoxy) is 1. The number of halogens is 1. The van der Waals surface area contributed by atoms with E-state index in [-0.39, 0.29) is 12.5 Å². The summed E-state index contributed by atoms with van der Waals surface area (Å²) in [5, 5.41) is 6.64. The largest absolute Gasteiger partial charge is 0.380 e. The Morgan fingerprint density at radius 2 is 1.56 bits per heavy atom. The van der Waals surface area contributed by atoms with Crippen LogP contribution in [0.4, 0.5) is 11.4 Å². The molecule has 3 rings (SSSR count). The van der Waals surface area contributed by atoms with Gasteiger partial charge < -0.3 is 15.4 Å². The second kappa shape index (κ2) is 9.76. The summed E-state index contributed by atoms with van der Waals surface area (Å²) in [6.45, 7) is 1.07. The Balaban J connectivity index is 1.47. The molecule has 0 spiro atoms. The lowest BCUT2D eigenvalue weighted by molar-refractivity contribution is -0.121. The molecule has 0 bridgehead atoms. The van der Waals surface area contributed by atoms with Crippen LogP contribution in [0.25, 0.3) is 0 Å². The Labute approximate surface area is 164 Å². The van der Waals surface area contributed by atoms with E-state index in [1.54, 1.807) is 6.07 Å². The van der Waals surface area contributed by atoms with Gasteiger partial charge in [-0.05, 0) is 29.3 Å². The summed E-state index contributed by atoms with van der Waals surface area (Å²) in [5.74, 6) is -0.216. The van der Waals surface area contributed by atoms with E-state index in [0.29, 0.717) is 23.9 Å². The summed E-state index contributed by atoms with van der Waals surface area (Å²) in [7, 11) is 0. The first-order valence-corrected chi connectivity index (χ1v) is 9.07. The average Bonchev–Trinajstić information content (AvgIpc) is 2.69. The second-order valence-electron chi connectivity index (χ2n) is 6.06. The molecule has 2 N–H and O–H groups in total. The number of benzene rings is 3. The summed E-state index contributed by atoms with van der Waals surface area (Å²) in [6, 6.07) is 25.2. The first kappa shape index (κ1) is 19.0. The molecule has 5 heteroatoms. The van der Waals surface area contributed by atoms with E-state index in [1.165, 1.54) is 5.56 Å². The van der Waals surface area contributed by atoms with Crippen molar-refractivity contribution in [3.05, 3.63) is 95.0 Å². The fourth-order valence-corrected chi connectivity index (χ4v) is 2.81. The minimum Gasteiger partial charge on any atom is -0.380 e. The highest BCUT2D eigenvalue weighted by molar-refractivity contribution is 6.33. The molecule has 0 aliphatic carbocycles. The normalized spacial score (nSPS) is 10.4. The molecular formula is C22H21ClN2O2. The molecule has 0 aliphatic rings. The number of hydrogen-bond acceptors (Lipinski definition) is 3. The molecule has 0 fully saturated rings. The van der Waals surface area contributed by atoms with E-state index < -0.39 is 0 Å². The van der Waals surface area contributed by atoms with Crippen LogP contribution in [0.2, 0.25) is 5.02 Å². The number of hydrogen-bond donors (Lipinski definition) is 2. The Bertz CT molecular complexity index is 870. The van der Waals surface area contributed by atoms with Crippen LogP contribution in [0, 0.1) is 0 Å². The number of amides is 1. The van der Waals surface area contributed by atoms with E-state index in [1.807, 2.05) is 72.8 Å². The lowest BCUT2D eigenvalue weighted by Crippen LogP contribution is -2.18. The van der Waals surface area contributed by atoms with E-state index in [4.69, 9.17) is 16.3 Å². The summed E-state index contributed by atoms with van der Waals surface area (Å²) in [4.78, 5) is 12.0. The summed E-state index contributed by atoms with van der Waals surface area (Å²) < 4.78 is 5.44. The van der Waals surface area contributed by atoms with Crippen LogP contribution in [0.1, 0.15) is 11.1 Å². The maximum atomic E-state index is 12.0. The highest BCUT2D eigenvalue weighted by atomic mass is 35.5.